The van der Waals surface area contributed by atoms with Crippen molar-refractivity contribution in [2.45, 2.75) is 12.8 Å². The molecule has 0 spiro atoms. The Hall–Kier alpha value is -1.75. The molecule has 1 N–H and O–H groups in total. The molecule has 0 atom stereocenters. The van der Waals surface area contributed by atoms with E-state index in [0.717, 1.165) is 0 Å². The van der Waals surface area contributed by atoms with Crippen LogP contribution in [0.25, 0.3) is 0 Å². The van der Waals surface area contributed by atoms with E-state index in [1.165, 1.54) is 0 Å². The van der Waals surface area contributed by atoms with Crippen molar-refractivity contribution in [1.29, 1.82) is 0 Å². The normalized spacial score (nSPS) is 15.0. The fourth-order valence-electron chi connectivity index (χ4n) is 2.99. The Labute approximate surface area is 167 Å². The topological polar surface area (TPSA) is 49.4 Å². The summed E-state index contributed by atoms with van der Waals surface area (Å²) >= 11 is 18.3. The molecule has 0 aliphatic carbocycles. The van der Waals surface area contributed by atoms with Crippen LogP contribution in [0, 0.1) is 5.92 Å². The molecule has 1 saturated heterocycles. The number of rotatable bonds is 3. The SMILES string of the molecule is O=C(Nc1c(Cl)cccc1Cl)C1CCN(C(=O)c2ccccc2Cl)CC1. The first-order chi connectivity index (χ1) is 12.5. The fraction of sp³-hybridized carbons (Fsp3) is 0.263. The summed E-state index contributed by atoms with van der Waals surface area (Å²) in [4.78, 5) is 26.8. The molecule has 26 heavy (non-hydrogen) atoms. The van der Waals surface area contributed by atoms with Crippen LogP contribution in [0.4, 0.5) is 5.69 Å². The van der Waals surface area contributed by atoms with Crippen LogP contribution >= 0.6 is 34.8 Å². The van der Waals surface area contributed by atoms with Gasteiger partial charge in [-0.15, -0.1) is 0 Å². The smallest absolute Gasteiger partial charge is 0.255 e. The summed E-state index contributed by atoms with van der Waals surface area (Å²) in [7, 11) is 0. The van der Waals surface area contributed by atoms with Crippen molar-refractivity contribution in [2.75, 3.05) is 18.4 Å². The van der Waals surface area contributed by atoms with Crippen LogP contribution in [0.2, 0.25) is 15.1 Å². The highest BCUT2D eigenvalue weighted by atomic mass is 35.5. The van der Waals surface area contributed by atoms with Gasteiger partial charge in [-0.3, -0.25) is 9.59 Å². The number of likely N-dealkylation sites (tertiary alicyclic amines) is 1. The minimum absolute atomic E-state index is 0.108. The standard InChI is InChI=1S/C19H17Cl3N2O2/c20-14-5-2-1-4-13(14)19(26)24-10-8-12(9-11-24)18(25)23-17-15(21)6-3-7-16(17)22/h1-7,12H,8-11H2,(H,23,25). The van der Waals surface area contributed by atoms with E-state index in [0.29, 0.717) is 52.2 Å². The maximum absolute atomic E-state index is 12.6. The number of anilines is 1. The van der Waals surface area contributed by atoms with Crippen LogP contribution in [-0.4, -0.2) is 29.8 Å². The molecular formula is C19H17Cl3N2O2. The summed E-state index contributed by atoms with van der Waals surface area (Å²) in [6, 6.07) is 12.0. The van der Waals surface area contributed by atoms with Gasteiger partial charge < -0.3 is 10.2 Å². The number of carbonyl (C=O) groups excluding carboxylic acids is 2. The lowest BCUT2D eigenvalue weighted by Crippen LogP contribution is -2.41. The molecule has 1 aliphatic rings. The summed E-state index contributed by atoms with van der Waals surface area (Å²) in [6.07, 6.45) is 1.15. The van der Waals surface area contributed by atoms with Gasteiger partial charge in [0.1, 0.15) is 0 Å². The quantitative estimate of drug-likeness (QED) is 0.760. The largest absolute Gasteiger partial charge is 0.339 e. The molecule has 2 amide bonds. The highest BCUT2D eigenvalue weighted by molar-refractivity contribution is 6.39. The zero-order valence-electron chi connectivity index (χ0n) is 13.8. The van der Waals surface area contributed by atoms with Crippen molar-refractivity contribution < 1.29 is 9.59 Å². The Balaban J connectivity index is 1.61. The second kappa shape index (κ2) is 8.30. The van der Waals surface area contributed by atoms with Gasteiger partial charge in [-0.1, -0.05) is 53.0 Å². The number of halogens is 3. The van der Waals surface area contributed by atoms with E-state index >= 15 is 0 Å². The third kappa shape index (κ3) is 4.14. The number of piperidine rings is 1. The first-order valence-corrected chi connectivity index (χ1v) is 9.39. The molecule has 2 aromatic carbocycles. The zero-order valence-corrected chi connectivity index (χ0v) is 16.1. The molecule has 7 heteroatoms. The molecule has 0 bridgehead atoms. The Morgan fingerprint density at radius 2 is 1.46 bits per heavy atom. The average Bonchev–Trinajstić information content (AvgIpc) is 2.65. The summed E-state index contributed by atoms with van der Waals surface area (Å²) in [5, 5.41) is 4.04. The van der Waals surface area contributed by atoms with Gasteiger partial charge in [0, 0.05) is 19.0 Å². The number of carbonyl (C=O) groups is 2. The summed E-state index contributed by atoms with van der Waals surface area (Å²) in [6.45, 7) is 0.997. The second-order valence-electron chi connectivity index (χ2n) is 6.13. The van der Waals surface area contributed by atoms with Crippen LogP contribution in [0.15, 0.2) is 42.5 Å². The third-order valence-electron chi connectivity index (χ3n) is 4.47. The Morgan fingerprint density at radius 3 is 2.08 bits per heavy atom. The molecule has 2 aromatic rings. The monoisotopic (exact) mass is 410 g/mol. The van der Waals surface area contributed by atoms with E-state index in [1.807, 2.05) is 0 Å². The predicted octanol–water partition coefficient (Wildman–Crippen LogP) is 5.14. The van der Waals surface area contributed by atoms with Crippen molar-refractivity contribution >= 4 is 52.3 Å². The maximum Gasteiger partial charge on any atom is 0.255 e. The fourth-order valence-corrected chi connectivity index (χ4v) is 3.70. The van der Waals surface area contributed by atoms with Crippen molar-refractivity contribution in [3.8, 4) is 0 Å². The van der Waals surface area contributed by atoms with E-state index in [-0.39, 0.29) is 17.7 Å². The third-order valence-corrected chi connectivity index (χ3v) is 5.43. The number of amides is 2. The van der Waals surface area contributed by atoms with Gasteiger partial charge >= 0.3 is 0 Å². The highest BCUT2D eigenvalue weighted by Crippen LogP contribution is 2.31. The van der Waals surface area contributed by atoms with Gasteiger partial charge in [0.05, 0.1) is 26.3 Å². The van der Waals surface area contributed by atoms with Crippen LogP contribution in [0.1, 0.15) is 23.2 Å². The van der Waals surface area contributed by atoms with Crippen molar-refractivity contribution in [3.63, 3.8) is 0 Å². The first-order valence-electron chi connectivity index (χ1n) is 8.26. The minimum atomic E-state index is -0.197. The zero-order chi connectivity index (χ0) is 18.7. The van der Waals surface area contributed by atoms with Crippen molar-refractivity contribution in [1.82, 2.24) is 4.90 Å². The van der Waals surface area contributed by atoms with Gasteiger partial charge in [0.25, 0.3) is 5.91 Å². The molecule has 1 heterocycles. The van der Waals surface area contributed by atoms with Crippen LogP contribution < -0.4 is 5.32 Å². The number of nitrogens with zero attached hydrogens (tertiary/aromatic N) is 1. The molecule has 0 unspecified atom stereocenters. The summed E-state index contributed by atoms with van der Waals surface area (Å²) < 4.78 is 0. The van der Waals surface area contributed by atoms with Gasteiger partial charge in [0.15, 0.2) is 0 Å². The summed E-state index contributed by atoms with van der Waals surface area (Å²) in [5.41, 5.74) is 0.912. The average molecular weight is 412 g/mol. The lowest BCUT2D eigenvalue weighted by atomic mass is 9.95. The van der Waals surface area contributed by atoms with Crippen molar-refractivity contribution in [3.05, 3.63) is 63.1 Å². The van der Waals surface area contributed by atoms with Gasteiger partial charge in [-0.05, 0) is 37.1 Å². The number of benzene rings is 2. The molecule has 136 valence electrons. The molecule has 1 fully saturated rings. The van der Waals surface area contributed by atoms with E-state index in [4.69, 9.17) is 34.8 Å². The van der Waals surface area contributed by atoms with E-state index < -0.39 is 0 Å². The molecule has 4 nitrogen and oxygen atoms in total. The lowest BCUT2D eigenvalue weighted by molar-refractivity contribution is -0.121. The number of hydrogen-bond donors (Lipinski definition) is 1. The molecular weight excluding hydrogens is 395 g/mol. The molecule has 3 rings (SSSR count). The molecule has 1 aliphatic heterocycles. The molecule has 0 saturated carbocycles. The van der Waals surface area contributed by atoms with E-state index in [9.17, 15) is 9.59 Å². The van der Waals surface area contributed by atoms with Crippen LogP contribution in [-0.2, 0) is 4.79 Å². The number of hydrogen-bond acceptors (Lipinski definition) is 2. The first kappa shape index (κ1) is 19.0. The summed E-state index contributed by atoms with van der Waals surface area (Å²) in [5.74, 6) is -0.439. The van der Waals surface area contributed by atoms with Gasteiger partial charge in [-0.25, -0.2) is 0 Å². The van der Waals surface area contributed by atoms with E-state index in [2.05, 4.69) is 5.32 Å². The van der Waals surface area contributed by atoms with Crippen molar-refractivity contribution in [2.24, 2.45) is 5.92 Å². The van der Waals surface area contributed by atoms with Crippen LogP contribution in [0.3, 0.4) is 0 Å². The Morgan fingerprint density at radius 1 is 0.885 bits per heavy atom. The van der Waals surface area contributed by atoms with E-state index in [1.54, 1.807) is 47.4 Å². The predicted molar refractivity (Wildman–Crippen MR) is 105 cm³/mol. The Bertz CT molecular complexity index is 813. The van der Waals surface area contributed by atoms with Crippen LogP contribution in [0.5, 0.6) is 0 Å². The maximum atomic E-state index is 12.6. The molecule has 0 aromatic heterocycles. The lowest BCUT2D eigenvalue weighted by Gasteiger charge is -2.31. The minimum Gasteiger partial charge on any atom is -0.339 e. The number of nitrogens with one attached hydrogen (secondary N) is 1. The second-order valence-corrected chi connectivity index (χ2v) is 7.35. The van der Waals surface area contributed by atoms with Gasteiger partial charge in [-0.2, -0.15) is 0 Å². The number of para-hydroxylation sites is 1. The molecule has 0 radical (unpaired) electrons. The van der Waals surface area contributed by atoms with Gasteiger partial charge in [0.2, 0.25) is 5.91 Å². The highest BCUT2D eigenvalue weighted by Gasteiger charge is 2.29. The Kier molecular flexibility index (Phi) is 6.07.